The number of halogens is 1. The van der Waals surface area contributed by atoms with Gasteiger partial charge in [-0.25, -0.2) is 9.79 Å². The summed E-state index contributed by atoms with van der Waals surface area (Å²) < 4.78 is 10.3. The number of aliphatic imine (C=N–C) groups is 1. The predicted octanol–water partition coefficient (Wildman–Crippen LogP) is 3.09. The van der Waals surface area contributed by atoms with Crippen LogP contribution in [0.4, 0.5) is 0 Å². The van der Waals surface area contributed by atoms with Crippen LogP contribution in [-0.2, 0) is 11.3 Å². The third kappa shape index (κ3) is 9.46. The number of guanidine groups is 1. The van der Waals surface area contributed by atoms with Gasteiger partial charge < -0.3 is 24.9 Å². The molecule has 0 fully saturated rings. The van der Waals surface area contributed by atoms with Crippen molar-refractivity contribution in [1.82, 2.24) is 10.6 Å². The summed E-state index contributed by atoms with van der Waals surface area (Å²) in [5.74, 6) is 2.38. The molecule has 0 saturated carbocycles. The summed E-state index contributed by atoms with van der Waals surface area (Å²) >= 11 is 0. The van der Waals surface area contributed by atoms with E-state index in [0.29, 0.717) is 41.4 Å². The topological polar surface area (TPSA) is 96.1 Å². The number of methoxy groups -OCH3 is 1. The quantitative estimate of drug-likeness (QED) is 0.200. The SMILES string of the molecule is CCNC(=NCc1cc(C(=O)OC)c(C)o1)NCC(CCO)CC(C)C.I. The molecular weight excluding hydrogens is 461 g/mol. The first-order chi connectivity index (χ1) is 12.4. The molecule has 0 radical (unpaired) electrons. The van der Waals surface area contributed by atoms with E-state index in [-0.39, 0.29) is 30.6 Å². The number of carbonyl (C=O) groups excluding carboxylic acids is 1. The van der Waals surface area contributed by atoms with E-state index in [4.69, 9.17) is 9.15 Å². The monoisotopic (exact) mass is 495 g/mol. The van der Waals surface area contributed by atoms with Crippen LogP contribution in [-0.4, -0.2) is 43.8 Å². The molecule has 1 heterocycles. The van der Waals surface area contributed by atoms with Gasteiger partial charge in [0.1, 0.15) is 23.6 Å². The fraction of sp³-hybridized carbons (Fsp3) is 0.684. The minimum absolute atomic E-state index is 0. The van der Waals surface area contributed by atoms with E-state index in [1.165, 1.54) is 7.11 Å². The highest BCUT2D eigenvalue weighted by molar-refractivity contribution is 14.0. The fourth-order valence-corrected chi connectivity index (χ4v) is 2.83. The molecule has 0 aliphatic carbocycles. The second kappa shape index (κ2) is 13.8. The molecule has 0 amide bonds. The molecule has 1 rings (SSSR count). The van der Waals surface area contributed by atoms with Gasteiger partial charge in [0.15, 0.2) is 5.96 Å². The lowest BCUT2D eigenvalue weighted by Gasteiger charge is -2.20. The molecule has 1 aromatic rings. The van der Waals surface area contributed by atoms with Gasteiger partial charge in [0.2, 0.25) is 0 Å². The Morgan fingerprint density at radius 3 is 2.63 bits per heavy atom. The molecule has 156 valence electrons. The van der Waals surface area contributed by atoms with Crippen LogP contribution in [0.25, 0.3) is 0 Å². The van der Waals surface area contributed by atoms with Crippen molar-refractivity contribution in [3.8, 4) is 0 Å². The molecule has 8 heteroatoms. The molecule has 0 saturated heterocycles. The van der Waals surface area contributed by atoms with Gasteiger partial charge in [-0.05, 0) is 44.6 Å². The molecule has 0 aliphatic rings. The standard InChI is InChI=1S/C19H33N3O4.HI/c1-6-20-19(21-11-15(7-8-23)9-13(2)3)22-12-16-10-17(14(4)26-16)18(24)25-5;/h10,13,15,23H,6-9,11-12H2,1-5H3,(H2,20,21,22);1H. The van der Waals surface area contributed by atoms with Gasteiger partial charge in [-0.2, -0.15) is 0 Å². The number of esters is 1. The second-order valence-electron chi connectivity index (χ2n) is 6.76. The largest absolute Gasteiger partial charge is 0.465 e. The Kier molecular flexibility index (Phi) is 13.2. The van der Waals surface area contributed by atoms with Crippen LogP contribution in [0.2, 0.25) is 0 Å². The molecule has 1 atom stereocenters. The van der Waals surface area contributed by atoms with Gasteiger partial charge in [0.05, 0.1) is 7.11 Å². The molecular formula is C19H34IN3O4. The minimum Gasteiger partial charge on any atom is -0.465 e. The lowest BCUT2D eigenvalue weighted by Crippen LogP contribution is -2.40. The Bertz CT molecular complexity index is 588. The number of ether oxygens (including phenoxy) is 1. The summed E-state index contributed by atoms with van der Waals surface area (Å²) in [6.45, 7) is 10.1. The van der Waals surface area contributed by atoms with Gasteiger partial charge in [-0.15, -0.1) is 24.0 Å². The zero-order chi connectivity index (χ0) is 19.5. The average Bonchev–Trinajstić information content (AvgIpc) is 2.97. The van der Waals surface area contributed by atoms with Gasteiger partial charge >= 0.3 is 5.97 Å². The number of aliphatic hydroxyl groups is 1. The first-order valence-corrected chi connectivity index (χ1v) is 9.21. The van der Waals surface area contributed by atoms with Crippen molar-refractivity contribution < 1.29 is 19.1 Å². The van der Waals surface area contributed by atoms with Gasteiger partial charge in [0, 0.05) is 19.7 Å². The number of nitrogens with zero attached hydrogens (tertiary/aromatic N) is 1. The van der Waals surface area contributed by atoms with Crippen molar-refractivity contribution in [1.29, 1.82) is 0 Å². The molecule has 7 nitrogen and oxygen atoms in total. The van der Waals surface area contributed by atoms with Crippen LogP contribution in [0.15, 0.2) is 15.5 Å². The number of hydrogen-bond donors (Lipinski definition) is 3. The van der Waals surface area contributed by atoms with E-state index in [1.807, 2.05) is 6.92 Å². The molecule has 0 aliphatic heterocycles. The molecule has 1 unspecified atom stereocenters. The first-order valence-electron chi connectivity index (χ1n) is 9.21. The summed E-state index contributed by atoms with van der Waals surface area (Å²) in [4.78, 5) is 16.2. The Morgan fingerprint density at radius 1 is 1.37 bits per heavy atom. The fourth-order valence-electron chi connectivity index (χ4n) is 2.83. The van der Waals surface area contributed by atoms with E-state index < -0.39 is 5.97 Å². The molecule has 27 heavy (non-hydrogen) atoms. The Morgan fingerprint density at radius 2 is 2.07 bits per heavy atom. The molecule has 0 spiro atoms. The summed E-state index contributed by atoms with van der Waals surface area (Å²) in [5, 5.41) is 15.8. The van der Waals surface area contributed by atoms with Crippen LogP contribution < -0.4 is 10.6 Å². The number of carbonyl (C=O) groups is 1. The van der Waals surface area contributed by atoms with Crippen LogP contribution in [0, 0.1) is 18.8 Å². The van der Waals surface area contributed by atoms with Gasteiger partial charge in [0.25, 0.3) is 0 Å². The number of rotatable bonds is 10. The molecule has 0 bridgehead atoms. The molecule has 3 N–H and O–H groups in total. The first kappa shape index (κ1) is 25.7. The summed E-state index contributed by atoms with van der Waals surface area (Å²) in [7, 11) is 1.35. The number of aryl methyl sites for hydroxylation is 1. The maximum Gasteiger partial charge on any atom is 0.341 e. The van der Waals surface area contributed by atoms with Crippen molar-refractivity contribution >= 4 is 35.9 Å². The summed E-state index contributed by atoms with van der Waals surface area (Å²) in [6.07, 6.45) is 1.82. The van der Waals surface area contributed by atoms with Gasteiger partial charge in [-0.1, -0.05) is 13.8 Å². The number of aliphatic hydroxyl groups excluding tert-OH is 1. The van der Waals surface area contributed by atoms with Crippen LogP contribution in [0.3, 0.4) is 0 Å². The molecule has 1 aromatic heterocycles. The van der Waals surface area contributed by atoms with Crippen LogP contribution in [0.5, 0.6) is 0 Å². The highest BCUT2D eigenvalue weighted by Crippen LogP contribution is 2.17. The van der Waals surface area contributed by atoms with Crippen molar-refractivity contribution in [3.63, 3.8) is 0 Å². The van der Waals surface area contributed by atoms with E-state index in [2.05, 4.69) is 29.5 Å². The second-order valence-corrected chi connectivity index (χ2v) is 6.76. The van der Waals surface area contributed by atoms with Gasteiger partial charge in [-0.3, -0.25) is 0 Å². The Hall–Kier alpha value is -1.29. The molecule has 0 aromatic carbocycles. The van der Waals surface area contributed by atoms with Crippen molar-refractivity contribution in [2.75, 3.05) is 26.8 Å². The average molecular weight is 495 g/mol. The highest BCUT2D eigenvalue weighted by atomic mass is 127. The third-order valence-electron chi connectivity index (χ3n) is 4.01. The lowest BCUT2D eigenvalue weighted by atomic mass is 9.94. The smallest absolute Gasteiger partial charge is 0.341 e. The summed E-state index contributed by atoms with van der Waals surface area (Å²) in [6, 6.07) is 1.67. The van der Waals surface area contributed by atoms with E-state index >= 15 is 0 Å². The number of furan rings is 1. The summed E-state index contributed by atoms with van der Waals surface area (Å²) in [5.41, 5.74) is 0.426. The van der Waals surface area contributed by atoms with Crippen LogP contribution >= 0.6 is 24.0 Å². The Labute approximate surface area is 179 Å². The van der Waals surface area contributed by atoms with E-state index in [9.17, 15) is 9.90 Å². The van der Waals surface area contributed by atoms with Crippen molar-refractivity contribution in [3.05, 3.63) is 23.2 Å². The lowest BCUT2D eigenvalue weighted by molar-refractivity contribution is 0.0599. The van der Waals surface area contributed by atoms with Crippen LogP contribution in [0.1, 0.15) is 55.5 Å². The zero-order valence-corrected chi connectivity index (χ0v) is 19.3. The van der Waals surface area contributed by atoms with E-state index in [0.717, 1.165) is 25.9 Å². The maximum absolute atomic E-state index is 11.7. The van der Waals surface area contributed by atoms with Crippen molar-refractivity contribution in [2.24, 2.45) is 16.8 Å². The third-order valence-corrected chi connectivity index (χ3v) is 4.01. The maximum atomic E-state index is 11.7. The van der Waals surface area contributed by atoms with E-state index in [1.54, 1.807) is 13.0 Å². The number of nitrogens with one attached hydrogen (secondary N) is 2. The Balaban J connectivity index is 0.00000676. The number of hydrogen-bond acceptors (Lipinski definition) is 5. The zero-order valence-electron chi connectivity index (χ0n) is 17.0. The van der Waals surface area contributed by atoms with Crippen molar-refractivity contribution in [2.45, 2.75) is 47.1 Å². The minimum atomic E-state index is -0.410. The highest BCUT2D eigenvalue weighted by Gasteiger charge is 2.15. The predicted molar refractivity (Wildman–Crippen MR) is 118 cm³/mol. The normalized spacial score (nSPS) is 12.5.